The van der Waals surface area contributed by atoms with Crippen LogP contribution in [0.25, 0.3) is 0 Å². The van der Waals surface area contributed by atoms with E-state index in [-0.39, 0.29) is 16.8 Å². The number of benzene rings is 1. The minimum Gasteiger partial charge on any atom is -0.481 e. The van der Waals surface area contributed by atoms with Crippen LogP contribution in [0.1, 0.15) is 20.8 Å². The molecule has 0 aliphatic heterocycles. The van der Waals surface area contributed by atoms with E-state index in [4.69, 9.17) is 4.74 Å². The zero-order chi connectivity index (χ0) is 15.3. The lowest BCUT2D eigenvalue weighted by molar-refractivity contribution is -0.126. The van der Waals surface area contributed by atoms with E-state index >= 15 is 0 Å². The van der Waals surface area contributed by atoms with Gasteiger partial charge in [0.1, 0.15) is 5.75 Å². The lowest BCUT2D eigenvalue weighted by Gasteiger charge is -2.14. The molecule has 0 fully saturated rings. The molecular formula is C13H20N2O4S. The number of rotatable bonds is 6. The van der Waals surface area contributed by atoms with Crippen LogP contribution in [0, 0.1) is 0 Å². The molecule has 0 unspecified atom stereocenters. The topological polar surface area (TPSA) is 84.5 Å². The molecule has 0 heterocycles. The first-order valence-corrected chi connectivity index (χ1v) is 7.75. The average molecular weight is 300 g/mol. The molecule has 7 heteroatoms. The lowest BCUT2D eigenvalue weighted by atomic mass is 10.3. The molecule has 1 rings (SSSR count). The highest BCUT2D eigenvalue weighted by Gasteiger charge is 2.16. The van der Waals surface area contributed by atoms with Gasteiger partial charge in [0.15, 0.2) is 6.10 Å². The summed E-state index contributed by atoms with van der Waals surface area (Å²) in [5, 5.41) is 2.47. The van der Waals surface area contributed by atoms with E-state index in [1.165, 1.54) is 31.3 Å². The molecule has 0 aromatic heterocycles. The van der Waals surface area contributed by atoms with Crippen LogP contribution in [0.15, 0.2) is 29.2 Å². The second-order valence-electron chi connectivity index (χ2n) is 4.62. The van der Waals surface area contributed by atoms with Crippen LogP contribution in [-0.2, 0) is 14.8 Å². The third-order valence-corrected chi connectivity index (χ3v) is 4.13. The van der Waals surface area contributed by atoms with Gasteiger partial charge in [0, 0.05) is 13.1 Å². The largest absolute Gasteiger partial charge is 0.481 e. The third-order valence-electron chi connectivity index (χ3n) is 2.45. The van der Waals surface area contributed by atoms with Gasteiger partial charge in [-0.3, -0.25) is 4.79 Å². The Balaban J connectivity index is 2.82. The molecule has 0 saturated heterocycles. The molecular weight excluding hydrogens is 280 g/mol. The third kappa shape index (κ3) is 4.50. The Hall–Kier alpha value is -1.60. The Morgan fingerprint density at radius 2 is 1.70 bits per heavy atom. The zero-order valence-electron chi connectivity index (χ0n) is 12.0. The molecule has 1 amide bonds. The molecule has 0 aliphatic rings. The summed E-state index contributed by atoms with van der Waals surface area (Å²) in [6.07, 6.45) is -0.642. The maximum absolute atomic E-state index is 11.9. The predicted molar refractivity (Wildman–Crippen MR) is 76.1 cm³/mol. The molecule has 1 aromatic carbocycles. The van der Waals surface area contributed by atoms with E-state index in [0.29, 0.717) is 5.75 Å². The van der Waals surface area contributed by atoms with Crippen molar-refractivity contribution in [2.45, 2.75) is 37.8 Å². The Kier molecular flexibility index (Phi) is 5.52. The van der Waals surface area contributed by atoms with Gasteiger partial charge in [-0.15, -0.1) is 0 Å². The van der Waals surface area contributed by atoms with E-state index in [0.717, 1.165) is 0 Å². The van der Waals surface area contributed by atoms with E-state index in [9.17, 15) is 13.2 Å². The summed E-state index contributed by atoms with van der Waals surface area (Å²) < 4.78 is 31.7. The standard InChI is InChI=1S/C13H20N2O4S/c1-9(2)15-20(17,18)12-7-5-11(6-8-12)19-10(3)13(16)14-4/h5-10,15H,1-4H3,(H,14,16)/t10-/m1/s1. The van der Waals surface area contributed by atoms with Crippen molar-refractivity contribution in [1.82, 2.24) is 10.0 Å². The highest BCUT2D eigenvalue weighted by atomic mass is 32.2. The van der Waals surface area contributed by atoms with Crippen molar-refractivity contribution < 1.29 is 17.9 Å². The number of hydrogen-bond acceptors (Lipinski definition) is 4. The van der Waals surface area contributed by atoms with Gasteiger partial charge in [-0.25, -0.2) is 13.1 Å². The number of likely N-dealkylation sites (N-methyl/N-ethyl adjacent to an activating group) is 1. The Morgan fingerprint density at radius 1 is 1.15 bits per heavy atom. The molecule has 0 bridgehead atoms. The van der Waals surface area contributed by atoms with Crippen molar-refractivity contribution in [2.75, 3.05) is 7.05 Å². The average Bonchev–Trinajstić information content (AvgIpc) is 2.36. The summed E-state index contributed by atoms with van der Waals surface area (Å²) in [4.78, 5) is 11.5. The van der Waals surface area contributed by atoms with E-state index in [2.05, 4.69) is 10.0 Å². The quantitative estimate of drug-likeness (QED) is 0.817. The normalized spacial score (nSPS) is 13.1. The zero-order valence-corrected chi connectivity index (χ0v) is 12.8. The van der Waals surface area contributed by atoms with Crippen LogP contribution in [0.4, 0.5) is 0 Å². The Labute approximate surface area is 119 Å². The van der Waals surface area contributed by atoms with Gasteiger partial charge in [0.25, 0.3) is 5.91 Å². The molecule has 1 atom stereocenters. The first-order chi connectivity index (χ1) is 9.26. The van der Waals surface area contributed by atoms with Crippen molar-refractivity contribution in [2.24, 2.45) is 0 Å². The predicted octanol–water partition coefficient (Wildman–Crippen LogP) is 0.887. The maximum Gasteiger partial charge on any atom is 0.260 e. The van der Waals surface area contributed by atoms with Crippen LogP contribution in [0.3, 0.4) is 0 Å². The molecule has 2 N–H and O–H groups in total. The van der Waals surface area contributed by atoms with Crippen molar-refractivity contribution >= 4 is 15.9 Å². The number of nitrogens with one attached hydrogen (secondary N) is 2. The minimum absolute atomic E-state index is 0.158. The number of carbonyl (C=O) groups is 1. The highest BCUT2D eigenvalue weighted by Crippen LogP contribution is 2.17. The van der Waals surface area contributed by atoms with Crippen molar-refractivity contribution in [1.29, 1.82) is 0 Å². The highest BCUT2D eigenvalue weighted by molar-refractivity contribution is 7.89. The maximum atomic E-state index is 11.9. The van der Waals surface area contributed by atoms with Crippen LogP contribution < -0.4 is 14.8 Å². The molecule has 1 aromatic rings. The molecule has 112 valence electrons. The molecule has 6 nitrogen and oxygen atoms in total. The van der Waals surface area contributed by atoms with Crippen LogP contribution in [0.2, 0.25) is 0 Å². The summed E-state index contributed by atoms with van der Waals surface area (Å²) in [6.45, 7) is 5.12. The summed E-state index contributed by atoms with van der Waals surface area (Å²) in [7, 11) is -1.99. The summed E-state index contributed by atoms with van der Waals surface area (Å²) in [6, 6.07) is 5.75. The molecule has 0 radical (unpaired) electrons. The van der Waals surface area contributed by atoms with Gasteiger partial charge < -0.3 is 10.1 Å². The van der Waals surface area contributed by atoms with Gasteiger partial charge in [-0.1, -0.05) is 0 Å². The van der Waals surface area contributed by atoms with Gasteiger partial charge in [0.2, 0.25) is 10.0 Å². The Morgan fingerprint density at radius 3 is 2.15 bits per heavy atom. The van der Waals surface area contributed by atoms with Crippen molar-refractivity contribution in [3.05, 3.63) is 24.3 Å². The monoisotopic (exact) mass is 300 g/mol. The van der Waals surface area contributed by atoms with Gasteiger partial charge in [0.05, 0.1) is 4.90 Å². The second-order valence-corrected chi connectivity index (χ2v) is 6.34. The first-order valence-electron chi connectivity index (χ1n) is 6.27. The van der Waals surface area contributed by atoms with Crippen LogP contribution >= 0.6 is 0 Å². The van der Waals surface area contributed by atoms with E-state index in [1.54, 1.807) is 20.8 Å². The van der Waals surface area contributed by atoms with Crippen molar-refractivity contribution in [3.8, 4) is 5.75 Å². The van der Waals surface area contributed by atoms with Crippen molar-refractivity contribution in [3.63, 3.8) is 0 Å². The summed E-state index contributed by atoms with van der Waals surface area (Å²) in [5.74, 6) is 0.188. The lowest BCUT2D eigenvalue weighted by Crippen LogP contribution is -2.33. The molecule has 0 aliphatic carbocycles. The number of carbonyl (C=O) groups excluding carboxylic acids is 1. The summed E-state index contributed by atoms with van der Waals surface area (Å²) >= 11 is 0. The molecule has 0 spiro atoms. The number of sulfonamides is 1. The fourth-order valence-corrected chi connectivity index (χ4v) is 2.79. The molecule has 0 saturated carbocycles. The smallest absolute Gasteiger partial charge is 0.260 e. The SMILES string of the molecule is CNC(=O)[C@@H](C)Oc1ccc(S(=O)(=O)NC(C)C)cc1. The first kappa shape index (κ1) is 16.5. The Bertz CT molecular complexity index is 552. The van der Waals surface area contributed by atoms with Gasteiger partial charge in [-0.05, 0) is 45.0 Å². The van der Waals surface area contributed by atoms with Gasteiger partial charge in [-0.2, -0.15) is 0 Å². The van der Waals surface area contributed by atoms with E-state index < -0.39 is 16.1 Å². The summed E-state index contributed by atoms with van der Waals surface area (Å²) in [5.41, 5.74) is 0. The van der Waals surface area contributed by atoms with Crippen LogP contribution in [0.5, 0.6) is 5.75 Å². The number of ether oxygens (including phenoxy) is 1. The van der Waals surface area contributed by atoms with Gasteiger partial charge >= 0.3 is 0 Å². The number of amides is 1. The fourth-order valence-electron chi connectivity index (χ4n) is 1.54. The fraction of sp³-hybridized carbons (Fsp3) is 0.462. The van der Waals surface area contributed by atoms with Crippen LogP contribution in [-0.4, -0.2) is 33.5 Å². The minimum atomic E-state index is -3.51. The second kappa shape index (κ2) is 6.71. The number of hydrogen-bond donors (Lipinski definition) is 2. The molecule has 20 heavy (non-hydrogen) atoms. The van der Waals surface area contributed by atoms with E-state index in [1.807, 2.05) is 0 Å².